The van der Waals surface area contributed by atoms with Gasteiger partial charge in [-0.2, -0.15) is 0 Å². The van der Waals surface area contributed by atoms with Crippen molar-refractivity contribution in [2.24, 2.45) is 0 Å². The summed E-state index contributed by atoms with van der Waals surface area (Å²) in [6.07, 6.45) is 3.55. The van der Waals surface area contributed by atoms with Crippen LogP contribution >= 0.6 is 11.3 Å². The zero-order chi connectivity index (χ0) is 17.2. The van der Waals surface area contributed by atoms with Crippen LogP contribution in [0.3, 0.4) is 0 Å². The largest absolute Gasteiger partial charge is 0.365 e. The molecule has 3 aromatic heterocycles. The van der Waals surface area contributed by atoms with Gasteiger partial charge in [-0.05, 0) is 37.6 Å². The van der Waals surface area contributed by atoms with Crippen LogP contribution in [0.4, 0.5) is 5.82 Å². The molecule has 0 bridgehead atoms. The van der Waals surface area contributed by atoms with Gasteiger partial charge in [-0.15, -0.1) is 11.3 Å². The van der Waals surface area contributed by atoms with E-state index < -0.39 is 0 Å². The second-order valence-corrected chi connectivity index (χ2v) is 7.29. The van der Waals surface area contributed by atoms with Crippen LogP contribution in [0.25, 0.3) is 21.6 Å². The Morgan fingerprint density at radius 1 is 1.04 bits per heavy atom. The molecule has 0 aliphatic carbocycles. The van der Waals surface area contributed by atoms with E-state index in [1.165, 1.54) is 16.0 Å². The minimum absolute atomic E-state index is 0.703. The van der Waals surface area contributed by atoms with Crippen molar-refractivity contribution < 1.29 is 0 Å². The lowest BCUT2D eigenvalue weighted by Gasteiger charge is -2.09. The maximum absolute atomic E-state index is 4.76. The van der Waals surface area contributed by atoms with Gasteiger partial charge < -0.3 is 5.32 Å². The van der Waals surface area contributed by atoms with E-state index in [-0.39, 0.29) is 0 Å². The molecule has 4 nitrogen and oxygen atoms in total. The van der Waals surface area contributed by atoms with Gasteiger partial charge in [-0.1, -0.05) is 29.8 Å². The molecule has 0 saturated carbocycles. The van der Waals surface area contributed by atoms with Gasteiger partial charge in [0.15, 0.2) is 5.82 Å². The average Bonchev–Trinajstić information content (AvgIpc) is 3.02. The highest BCUT2D eigenvalue weighted by molar-refractivity contribution is 7.18. The number of thiophene rings is 1. The third-order valence-corrected chi connectivity index (χ3v) is 4.96. The first-order valence-corrected chi connectivity index (χ1v) is 8.99. The maximum atomic E-state index is 4.76. The summed E-state index contributed by atoms with van der Waals surface area (Å²) < 4.78 is 0. The molecule has 1 N–H and O–H groups in total. The van der Waals surface area contributed by atoms with Crippen LogP contribution in [0.15, 0.2) is 54.9 Å². The van der Waals surface area contributed by atoms with Crippen molar-refractivity contribution in [1.82, 2.24) is 15.0 Å². The fourth-order valence-electron chi connectivity index (χ4n) is 2.69. The Morgan fingerprint density at radius 3 is 2.64 bits per heavy atom. The molecule has 5 heteroatoms. The molecule has 0 atom stereocenters. The van der Waals surface area contributed by atoms with Crippen LogP contribution in [-0.4, -0.2) is 15.0 Å². The maximum Gasteiger partial charge on any atom is 0.164 e. The summed E-state index contributed by atoms with van der Waals surface area (Å²) in [6, 6.07) is 14.6. The summed E-state index contributed by atoms with van der Waals surface area (Å²) >= 11 is 1.69. The molecule has 0 amide bonds. The molecule has 0 radical (unpaired) electrons. The predicted octanol–water partition coefficient (Wildman–Crippen LogP) is 4.98. The molecule has 1 aromatic carbocycles. The number of pyridine rings is 1. The highest BCUT2D eigenvalue weighted by Crippen LogP contribution is 2.31. The molecule has 25 heavy (non-hydrogen) atoms. The normalized spacial score (nSPS) is 11.0. The lowest BCUT2D eigenvalue weighted by molar-refractivity contribution is 1.10. The highest BCUT2D eigenvalue weighted by atomic mass is 32.1. The molecular weight excluding hydrogens is 328 g/mol. The number of nitrogens with zero attached hydrogens (tertiary/aromatic N) is 3. The Bertz CT molecular complexity index is 1010. The van der Waals surface area contributed by atoms with E-state index in [2.05, 4.69) is 54.5 Å². The van der Waals surface area contributed by atoms with Crippen LogP contribution in [-0.2, 0) is 6.54 Å². The summed E-state index contributed by atoms with van der Waals surface area (Å²) in [4.78, 5) is 15.9. The Kier molecular flexibility index (Phi) is 4.15. The molecule has 124 valence electrons. The number of aromatic nitrogens is 3. The molecule has 0 unspecified atom stereocenters. The van der Waals surface area contributed by atoms with Crippen LogP contribution in [0.5, 0.6) is 0 Å². The van der Waals surface area contributed by atoms with E-state index in [4.69, 9.17) is 9.97 Å². The fraction of sp³-hybridized carbons (Fsp3) is 0.150. The van der Waals surface area contributed by atoms with Gasteiger partial charge in [-0.25, -0.2) is 9.97 Å². The summed E-state index contributed by atoms with van der Waals surface area (Å²) in [5.41, 5.74) is 3.42. The van der Waals surface area contributed by atoms with Crippen molar-refractivity contribution in [2.75, 3.05) is 5.32 Å². The lowest BCUT2D eigenvalue weighted by atomic mass is 10.1. The Labute approximate surface area is 150 Å². The minimum Gasteiger partial charge on any atom is -0.365 e. The SMILES string of the molecule is Cc1ccc(CNc2nc(-c3cccnc3)nc3sc(C)cc23)cc1. The fourth-order valence-corrected chi connectivity index (χ4v) is 3.57. The first-order chi connectivity index (χ1) is 12.2. The van der Waals surface area contributed by atoms with Gasteiger partial charge >= 0.3 is 0 Å². The third kappa shape index (κ3) is 3.37. The zero-order valence-corrected chi connectivity index (χ0v) is 15.0. The second kappa shape index (κ2) is 6.61. The number of benzene rings is 1. The van der Waals surface area contributed by atoms with E-state index in [9.17, 15) is 0 Å². The third-order valence-electron chi connectivity index (χ3n) is 4.02. The number of nitrogens with one attached hydrogen (secondary N) is 1. The molecule has 4 rings (SSSR count). The summed E-state index contributed by atoms with van der Waals surface area (Å²) in [6.45, 7) is 4.92. The van der Waals surface area contributed by atoms with Gasteiger partial charge in [-0.3, -0.25) is 4.98 Å². The molecule has 0 fully saturated rings. The van der Waals surface area contributed by atoms with Crippen molar-refractivity contribution >= 4 is 27.4 Å². The van der Waals surface area contributed by atoms with Crippen LogP contribution < -0.4 is 5.32 Å². The van der Waals surface area contributed by atoms with E-state index in [1.807, 2.05) is 12.1 Å². The van der Waals surface area contributed by atoms with Gasteiger partial charge in [0.25, 0.3) is 0 Å². The average molecular weight is 346 g/mol. The van der Waals surface area contributed by atoms with Crippen molar-refractivity contribution in [3.8, 4) is 11.4 Å². The number of hydrogen-bond acceptors (Lipinski definition) is 5. The van der Waals surface area contributed by atoms with E-state index >= 15 is 0 Å². The smallest absolute Gasteiger partial charge is 0.164 e. The number of fused-ring (bicyclic) bond motifs is 1. The molecule has 0 spiro atoms. The predicted molar refractivity (Wildman–Crippen MR) is 104 cm³/mol. The Morgan fingerprint density at radius 2 is 1.88 bits per heavy atom. The number of aryl methyl sites for hydroxylation is 2. The van der Waals surface area contributed by atoms with Gasteiger partial charge in [0, 0.05) is 29.4 Å². The van der Waals surface area contributed by atoms with Gasteiger partial charge in [0.1, 0.15) is 10.6 Å². The summed E-state index contributed by atoms with van der Waals surface area (Å²) in [5, 5.41) is 4.55. The number of rotatable bonds is 4. The van der Waals surface area contributed by atoms with E-state index in [0.717, 1.165) is 28.1 Å². The van der Waals surface area contributed by atoms with Crippen LogP contribution in [0.1, 0.15) is 16.0 Å². The first kappa shape index (κ1) is 15.7. The molecular formula is C20H18N4S. The summed E-state index contributed by atoms with van der Waals surface area (Å²) in [7, 11) is 0. The molecule has 0 saturated heterocycles. The number of anilines is 1. The van der Waals surface area contributed by atoms with E-state index in [1.54, 1.807) is 23.7 Å². The topological polar surface area (TPSA) is 50.7 Å². The van der Waals surface area contributed by atoms with Gasteiger partial charge in [0.05, 0.1) is 5.39 Å². The monoisotopic (exact) mass is 346 g/mol. The van der Waals surface area contributed by atoms with Crippen molar-refractivity contribution in [1.29, 1.82) is 0 Å². The van der Waals surface area contributed by atoms with E-state index in [0.29, 0.717) is 5.82 Å². The first-order valence-electron chi connectivity index (χ1n) is 8.17. The van der Waals surface area contributed by atoms with Crippen molar-refractivity contribution in [3.05, 3.63) is 70.9 Å². The highest BCUT2D eigenvalue weighted by Gasteiger charge is 2.12. The molecule has 0 aliphatic rings. The number of hydrogen-bond donors (Lipinski definition) is 1. The minimum atomic E-state index is 0.703. The standard InChI is InChI=1S/C20H18N4S/c1-13-5-7-15(8-6-13)11-22-19-17-10-14(2)25-20(17)24-18(23-19)16-4-3-9-21-12-16/h3-10,12H,11H2,1-2H3,(H,22,23,24). The zero-order valence-electron chi connectivity index (χ0n) is 14.2. The summed E-state index contributed by atoms with van der Waals surface area (Å²) in [5.74, 6) is 1.57. The Balaban J connectivity index is 1.72. The second-order valence-electron chi connectivity index (χ2n) is 6.05. The van der Waals surface area contributed by atoms with Gasteiger partial charge in [0.2, 0.25) is 0 Å². The van der Waals surface area contributed by atoms with Crippen molar-refractivity contribution in [2.45, 2.75) is 20.4 Å². The van der Waals surface area contributed by atoms with Crippen molar-refractivity contribution in [3.63, 3.8) is 0 Å². The molecule has 0 aliphatic heterocycles. The Hall–Kier alpha value is -2.79. The quantitative estimate of drug-likeness (QED) is 0.566. The molecule has 3 heterocycles. The van der Waals surface area contributed by atoms with Crippen LogP contribution in [0, 0.1) is 13.8 Å². The molecule has 4 aromatic rings. The lowest BCUT2D eigenvalue weighted by Crippen LogP contribution is -2.03. The van der Waals surface area contributed by atoms with Crippen LogP contribution in [0.2, 0.25) is 0 Å².